The molecule has 1 fully saturated rings. The second-order valence-corrected chi connectivity index (χ2v) is 3.61. The van der Waals surface area contributed by atoms with Crippen LogP contribution >= 0.6 is 0 Å². The Morgan fingerprint density at radius 2 is 1.86 bits per heavy atom. The molecule has 0 aliphatic heterocycles. The number of amides is 2. The molecular weight excluding hydrogens is 184 g/mol. The van der Waals surface area contributed by atoms with Crippen LogP contribution in [0, 0.1) is 5.92 Å². The predicted octanol–water partition coefficient (Wildman–Crippen LogP) is 0.560. The number of carboxylic acids is 1. The minimum Gasteiger partial charge on any atom is -0.480 e. The fourth-order valence-corrected chi connectivity index (χ4v) is 1.67. The van der Waals surface area contributed by atoms with E-state index < -0.39 is 5.97 Å². The molecule has 0 unspecified atom stereocenters. The van der Waals surface area contributed by atoms with Crippen molar-refractivity contribution in [3.63, 3.8) is 0 Å². The number of carbonyl (C=O) groups excluding carboxylic acids is 1. The van der Waals surface area contributed by atoms with Gasteiger partial charge in [0.15, 0.2) is 0 Å². The number of aliphatic carboxylic acids is 1. The quantitative estimate of drug-likeness (QED) is 0.620. The molecule has 0 atom stereocenters. The predicted molar refractivity (Wildman–Crippen MR) is 51.0 cm³/mol. The first kappa shape index (κ1) is 10.8. The lowest BCUT2D eigenvalue weighted by molar-refractivity contribution is -0.135. The fourth-order valence-electron chi connectivity index (χ4n) is 1.67. The van der Waals surface area contributed by atoms with Crippen molar-refractivity contribution in [3.05, 3.63) is 0 Å². The monoisotopic (exact) mass is 200 g/mol. The molecule has 1 aliphatic carbocycles. The van der Waals surface area contributed by atoms with Gasteiger partial charge in [-0.25, -0.2) is 4.79 Å². The number of urea groups is 1. The first-order valence-electron chi connectivity index (χ1n) is 4.92. The van der Waals surface area contributed by atoms with Crippen LogP contribution in [-0.2, 0) is 4.79 Å². The van der Waals surface area contributed by atoms with Crippen LogP contribution in [0.3, 0.4) is 0 Å². The molecule has 1 rings (SSSR count). The van der Waals surface area contributed by atoms with Gasteiger partial charge >= 0.3 is 12.0 Å². The summed E-state index contributed by atoms with van der Waals surface area (Å²) in [6.45, 7) is 0.335. The molecule has 0 aromatic heterocycles. The highest BCUT2D eigenvalue weighted by Gasteiger charge is 2.15. The van der Waals surface area contributed by atoms with Gasteiger partial charge in [0.2, 0.25) is 0 Å². The standard InChI is InChI=1S/C9H16N2O3/c12-8(13)6-11-9(14)10-5-7-3-1-2-4-7/h7H,1-6H2,(H,12,13)(H2,10,11,14). The summed E-state index contributed by atoms with van der Waals surface area (Å²) in [6, 6.07) is -0.390. The summed E-state index contributed by atoms with van der Waals surface area (Å²) in [4.78, 5) is 21.1. The van der Waals surface area contributed by atoms with Crippen molar-refractivity contribution in [3.8, 4) is 0 Å². The Morgan fingerprint density at radius 1 is 1.21 bits per heavy atom. The van der Waals surface area contributed by atoms with E-state index in [0.717, 1.165) is 0 Å². The molecule has 0 aromatic rings. The van der Waals surface area contributed by atoms with E-state index >= 15 is 0 Å². The molecular formula is C9H16N2O3. The SMILES string of the molecule is O=C(O)CNC(=O)NCC1CCCC1. The fraction of sp³-hybridized carbons (Fsp3) is 0.778. The zero-order valence-corrected chi connectivity index (χ0v) is 8.08. The van der Waals surface area contributed by atoms with Gasteiger partial charge in [0.25, 0.3) is 0 Å². The summed E-state index contributed by atoms with van der Waals surface area (Å²) in [7, 11) is 0. The smallest absolute Gasteiger partial charge is 0.323 e. The number of hydrogen-bond acceptors (Lipinski definition) is 2. The van der Waals surface area contributed by atoms with Crippen LogP contribution in [0.4, 0.5) is 4.79 Å². The van der Waals surface area contributed by atoms with Gasteiger partial charge in [-0.05, 0) is 18.8 Å². The van der Waals surface area contributed by atoms with Crippen molar-refractivity contribution >= 4 is 12.0 Å². The first-order chi connectivity index (χ1) is 6.68. The Labute approximate surface area is 82.9 Å². The third-order valence-corrected chi connectivity index (χ3v) is 2.43. The Kier molecular flexibility index (Phi) is 4.22. The molecule has 0 bridgehead atoms. The molecule has 14 heavy (non-hydrogen) atoms. The van der Waals surface area contributed by atoms with Crippen molar-refractivity contribution in [1.82, 2.24) is 10.6 Å². The summed E-state index contributed by atoms with van der Waals surface area (Å²) in [5.74, 6) is -0.452. The average Bonchev–Trinajstić information content (AvgIpc) is 2.63. The lowest BCUT2D eigenvalue weighted by Crippen LogP contribution is -2.40. The van der Waals surface area contributed by atoms with Gasteiger partial charge in [-0.1, -0.05) is 12.8 Å². The van der Waals surface area contributed by atoms with E-state index in [2.05, 4.69) is 10.6 Å². The summed E-state index contributed by atoms with van der Waals surface area (Å²) in [5, 5.41) is 13.2. The van der Waals surface area contributed by atoms with Crippen LogP contribution in [-0.4, -0.2) is 30.2 Å². The second-order valence-electron chi connectivity index (χ2n) is 3.61. The summed E-state index contributed by atoms with van der Waals surface area (Å²) < 4.78 is 0. The highest BCUT2D eigenvalue weighted by Crippen LogP contribution is 2.23. The van der Waals surface area contributed by atoms with E-state index in [1.54, 1.807) is 0 Å². The number of carbonyl (C=O) groups is 2. The molecule has 80 valence electrons. The Hall–Kier alpha value is -1.26. The molecule has 0 heterocycles. The zero-order valence-electron chi connectivity index (χ0n) is 8.08. The summed E-state index contributed by atoms with van der Waals surface area (Å²) in [6.07, 6.45) is 4.81. The Morgan fingerprint density at radius 3 is 2.43 bits per heavy atom. The van der Waals surface area contributed by atoms with Gasteiger partial charge in [-0.15, -0.1) is 0 Å². The van der Waals surface area contributed by atoms with Gasteiger partial charge in [0.05, 0.1) is 0 Å². The van der Waals surface area contributed by atoms with Gasteiger partial charge in [0, 0.05) is 6.54 Å². The summed E-state index contributed by atoms with van der Waals surface area (Å²) in [5.41, 5.74) is 0. The third kappa shape index (κ3) is 4.11. The molecule has 5 nitrogen and oxygen atoms in total. The van der Waals surface area contributed by atoms with Gasteiger partial charge < -0.3 is 15.7 Å². The Balaban J connectivity index is 2.05. The normalized spacial score (nSPS) is 16.6. The van der Waals surface area contributed by atoms with Crippen LogP contribution in [0.25, 0.3) is 0 Å². The molecule has 2 amide bonds. The lowest BCUT2D eigenvalue weighted by atomic mass is 10.1. The lowest BCUT2D eigenvalue weighted by Gasteiger charge is -2.10. The second kappa shape index (κ2) is 5.47. The molecule has 0 saturated heterocycles. The number of rotatable bonds is 4. The van der Waals surface area contributed by atoms with E-state index in [0.29, 0.717) is 12.5 Å². The van der Waals surface area contributed by atoms with Crippen LogP contribution in [0.2, 0.25) is 0 Å². The number of hydrogen-bond donors (Lipinski definition) is 3. The third-order valence-electron chi connectivity index (χ3n) is 2.43. The van der Waals surface area contributed by atoms with Crippen LogP contribution in [0.5, 0.6) is 0 Å². The highest BCUT2D eigenvalue weighted by atomic mass is 16.4. The molecule has 1 aliphatic rings. The maximum absolute atomic E-state index is 11.0. The van der Waals surface area contributed by atoms with Crippen molar-refractivity contribution in [1.29, 1.82) is 0 Å². The molecule has 3 N–H and O–H groups in total. The van der Waals surface area contributed by atoms with Crippen LogP contribution in [0.1, 0.15) is 25.7 Å². The van der Waals surface area contributed by atoms with Gasteiger partial charge in [-0.2, -0.15) is 0 Å². The van der Waals surface area contributed by atoms with Crippen LogP contribution in [0.15, 0.2) is 0 Å². The molecule has 0 radical (unpaired) electrons. The number of nitrogens with one attached hydrogen (secondary N) is 2. The zero-order chi connectivity index (χ0) is 10.4. The van der Waals surface area contributed by atoms with Crippen molar-refractivity contribution in [2.75, 3.05) is 13.1 Å². The van der Waals surface area contributed by atoms with Crippen LogP contribution < -0.4 is 10.6 Å². The topological polar surface area (TPSA) is 78.4 Å². The van der Waals surface area contributed by atoms with E-state index in [4.69, 9.17) is 5.11 Å². The van der Waals surface area contributed by atoms with Crippen molar-refractivity contribution in [2.45, 2.75) is 25.7 Å². The van der Waals surface area contributed by atoms with Gasteiger partial charge in [0.1, 0.15) is 6.54 Å². The highest BCUT2D eigenvalue weighted by molar-refractivity contribution is 5.79. The minimum atomic E-state index is -1.03. The molecule has 0 spiro atoms. The maximum Gasteiger partial charge on any atom is 0.323 e. The molecule has 5 heteroatoms. The van der Waals surface area contributed by atoms with E-state index in [1.807, 2.05) is 0 Å². The number of carboxylic acid groups (broad SMARTS) is 1. The molecule has 0 aromatic carbocycles. The van der Waals surface area contributed by atoms with Gasteiger partial charge in [-0.3, -0.25) is 4.79 Å². The summed E-state index contributed by atoms with van der Waals surface area (Å²) >= 11 is 0. The Bertz CT molecular complexity index is 212. The van der Waals surface area contributed by atoms with E-state index in [1.165, 1.54) is 25.7 Å². The van der Waals surface area contributed by atoms with E-state index in [-0.39, 0.29) is 12.6 Å². The first-order valence-corrected chi connectivity index (χ1v) is 4.92. The largest absolute Gasteiger partial charge is 0.480 e. The average molecular weight is 200 g/mol. The van der Waals surface area contributed by atoms with Crippen molar-refractivity contribution < 1.29 is 14.7 Å². The van der Waals surface area contributed by atoms with E-state index in [9.17, 15) is 9.59 Å². The van der Waals surface area contributed by atoms with Crippen molar-refractivity contribution in [2.24, 2.45) is 5.92 Å². The minimum absolute atomic E-state index is 0.323. The molecule has 1 saturated carbocycles. The maximum atomic E-state index is 11.0.